The van der Waals surface area contributed by atoms with Gasteiger partial charge in [0, 0.05) is 6.42 Å². The number of phenols is 1. The van der Waals surface area contributed by atoms with Crippen LogP contribution in [0.3, 0.4) is 0 Å². The number of carbonyl (C=O) groups excluding carboxylic acids is 1. The molecule has 7 heteroatoms. The summed E-state index contributed by atoms with van der Waals surface area (Å²) < 4.78 is 60.7. The highest BCUT2D eigenvalue weighted by Gasteiger charge is 2.62. The first kappa shape index (κ1) is 14.4. The minimum Gasteiger partial charge on any atom is -0.508 e. The minimum atomic E-state index is -5.86. The third kappa shape index (κ3) is 3.18. The molecule has 0 fully saturated rings. The fraction of sp³-hybridized carbons (Fsp3) is 0.364. The molecule has 0 aliphatic carbocycles. The molecule has 1 rings (SSSR count). The third-order valence-electron chi connectivity index (χ3n) is 2.28. The van der Waals surface area contributed by atoms with Gasteiger partial charge in [-0.2, -0.15) is 22.0 Å². The van der Waals surface area contributed by atoms with Gasteiger partial charge >= 0.3 is 12.1 Å². The lowest BCUT2D eigenvalue weighted by molar-refractivity contribution is -0.268. The van der Waals surface area contributed by atoms with Gasteiger partial charge in [-0.05, 0) is 24.1 Å². The summed E-state index contributed by atoms with van der Waals surface area (Å²) in [6, 6.07) is 5.19. The molecule has 1 aromatic carbocycles. The van der Waals surface area contributed by atoms with Crippen molar-refractivity contribution in [2.24, 2.45) is 0 Å². The fourth-order valence-corrected chi connectivity index (χ4v) is 1.24. The van der Waals surface area contributed by atoms with Crippen LogP contribution in [0.2, 0.25) is 0 Å². The van der Waals surface area contributed by atoms with Gasteiger partial charge in [-0.3, -0.25) is 4.79 Å². The van der Waals surface area contributed by atoms with Crippen molar-refractivity contribution in [1.29, 1.82) is 0 Å². The molecule has 2 nitrogen and oxygen atoms in total. The Morgan fingerprint density at radius 1 is 1.06 bits per heavy atom. The van der Waals surface area contributed by atoms with E-state index in [9.17, 15) is 26.7 Å². The number of aryl methyl sites for hydroxylation is 1. The molecule has 0 radical (unpaired) electrons. The van der Waals surface area contributed by atoms with E-state index in [0.29, 0.717) is 5.56 Å². The van der Waals surface area contributed by atoms with Gasteiger partial charge in [-0.15, -0.1) is 0 Å². The highest BCUT2D eigenvalue weighted by molar-refractivity contribution is 5.86. The number of alkyl halides is 5. The van der Waals surface area contributed by atoms with Crippen molar-refractivity contribution in [3.63, 3.8) is 0 Å². The first-order valence-corrected chi connectivity index (χ1v) is 4.90. The zero-order valence-corrected chi connectivity index (χ0v) is 8.97. The number of benzene rings is 1. The molecule has 0 aliphatic rings. The highest BCUT2D eigenvalue weighted by atomic mass is 19.4. The summed E-state index contributed by atoms with van der Waals surface area (Å²) in [7, 11) is 0. The zero-order chi connectivity index (χ0) is 14.0. The predicted octanol–water partition coefficient (Wildman–Crippen LogP) is 3.09. The van der Waals surface area contributed by atoms with Crippen LogP contribution in [-0.4, -0.2) is 23.0 Å². The Balaban J connectivity index is 2.64. The average molecular weight is 268 g/mol. The Morgan fingerprint density at radius 2 is 1.56 bits per heavy atom. The first-order chi connectivity index (χ1) is 8.14. The van der Waals surface area contributed by atoms with Crippen molar-refractivity contribution in [1.82, 2.24) is 0 Å². The van der Waals surface area contributed by atoms with E-state index in [1.807, 2.05) is 0 Å². The van der Waals surface area contributed by atoms with Crippen LogP contribution in [0, 0.1) is 0 Å². The molecule has 0 amide bonds. The number of rotatable bonds is 4. The van der Waals surface area contributed by atoms with Gasteiger partial charge in [-0.25, -0.2) is 0 Å². The summed E-state index contributed by atoms with van der Waals surface area (Å²) in [5.41, 5.74) is 0.388. The molecular weight excluding hydrogens is 259 g/mol. The van der Waals surface area contributed by atoms with Crippen LogP contribution in [0.25, 0.3) is 0 Å². The molecule has 18 heavy (non-hydrogen) atoms. The highest BCUT2D eigenvalue weighted by Crippen LogP contribution is 2.37. The van der Waals surface area contributed by atoms with Crippen molar-refractivity contribution >= 4 is 5.78 Å². The monoisotopic (exact) mass is 268 g/mol. The average Bonchev–Trinajstić information content (AvgIpc) is 2.26. The van der Waals surface area contributed by atoms with Gasteiger partial charge in [0.1, 0.15) is 5.75 Å². The summed E-state index contributed by atoms with van der Waals surface area (Å²) in [4.78, 5) is 10.8. The summed E-state index contributed by atoms with van der Waals surface area (Å²) in [5, 5.41) is 8.93. The Bertz CT molecular complexity index is 422. The number of aromatic hydroxyl groups is 1. The van der Waals surface area contributed by atoms with E-state index in [-0.39, 0.29) is 12.2 Å². The minimum absolute atomic E-state index is 0.0642. The number of phenolic OH excluding ortho intramolecular Hbond substituents is 1. The summed E-state index contributed by atoms with van der Waals surface area (Å²) in [6.45, 7) is 0. The van der Waals surface area contributed by atoms with E-state index in [2.05, 4.69) is 0 Å². The topological polar surface area (TPSA) is 37.3 Å². The van der Waals surface area contributed by atoms with Gasteiger partial charge in [0.15, 0.2) is 0 Å². The Kier molecular flexibility index (Phi) is 3.93. The number of hydrogen-bond donors (Lipinski definition) is 1. The quantitative estimate of drug-likeness (QED) is 0.852. The van der Waals surface area contributed by atoms with Crippen LogP contribution in [0.15, 0.2) is 24.3 Å². The van der Waals surface area contributed by atoms with Gasteiger partial charge in [-0.1, -0.05) is 12.1 Å². The molecule has 0 spiro atoms. The molecule has 0 heterocycles. The van der Waals surface area contributed by atoms with E-state index >= 15 is 0 Å². The van der Waals surface area contributed by atoms with Crippen molar-refractivity contribution in [2.45, 2.75) is 24.9 Å². The number of carbonyl (C=O) groups is 1. The standard InChI is InChI=1S/C11H9F5O2/c12-10(13,11(14,15)16)9(18)6-3-7-1-4-8(17)5-2-7/h1-2,4-5,17H,3,6H2. The zero-order valence-electron chi connectivity index (χ0n) is 8.97. The Hall–Kier alpha value is -1.66. The SMILES string of the molecule is O=C(CCc1ccc(O)cc1)C(F)(F)C(F)(F)F. The smallest absolute Gasteiger partial charge is 0.461 e. The molecule has 0 aliphatic heterocycles. The van der Waals surface area contributed by atoms with Gasteiger partial charge in [0.05, 0.1) is 0 Å². The normalized spacial score (nSPS) is 12.5. The molecule has 1 aromatic rings. The maximum absolute atomic E-state index is 12.6. The summed E-state index contributed by atoms with van der Waals surface area (Å²) in [5.74, 6) is -7.54. The maximum Gasteiger partial charge on any atom is 0.461 e. The van der Waals surface area contributed by atoms with Crippen molar-refractivity contribution in [3.8, 4) is 5.75 Å². The van der Waals surface area contributed by atoms with E-state index in [1.54, 1.807) is 0 Å². The largest absolute Gasteiger partial charge is 0.508 e. The molecule has 0 unspecified atom stereocenters. The molecule has 0 saturated carbocycles. The van der Waals surface area contributed by atoms with Crippen molar-refractivity contribution < 1.29 is 31.9 Å². The van der Waals surface area contributed by atoms with Gasteiger partial charge in [0.25, 0.3) is 0 Å². The van der Waals surface area contributed by atoms with E-state index in [4.69, 9.17) is 5.11 Å². The van der Waals surface area contributed by atoms with E-state index in [1.165, 1.54) is 24.3 Å². The lowest BCUT2D eigenvalue weighted by atomic mass is 10.0. The Morgan fingerprint density at radius 3 is 2.00 bits per heavy atom. The van der Waals surface area contributed by atoms with E-state index in [0.717, 1.165) is 0 Å². The van der Waals surface area contributed by atoms with Crippen LogP contribution >= 0.6 is 0 Å². The second-order valence-electron chi connectivity index (χ2n) is 3.66. The van der Waals surface area contributed by atoms with Gasteiger partial charge in [0.2, 0.25) is 5.78 Å². The number of Topliss-reactive ketones (excluding diaryl/α,β-unsaturated/α-hetero) is 1. The molecule has 100 valence electrons. The van der Waals surface area contributed by atoms with E-state index < -0.39 is 24.3 Å². The van der Waals surface area contributed by atoms with Crippen LogP contribution < -0.4 is 0 Å². The third-order valence-corrected chi connectivity index (χ3v) is 2.28. The fourth-order valence-electron chi connectivity index (χ4n) is 1.24. The number of ketones is 1. The second-order valence-corrected chi connectivity index (χ2v) is 3.66. The van der Waals surface area contributed by atoms with Crippen LogP contribution in [0.1, 0.15) is 12.0 Å². The molecule has 1 N–H and O–H groups in total. The molecule has 0 atom stereocenters. The summed E-state index contributed by atoms with van der Waals surface area (Å²) >= 11 is 0. The number of halogens is 5. The molecule has 0 aromatic heterocycles. The molecule has 0 saturated heterocycles. The predicted molar refractivity (Wildman–Crippen MR) is 52.4 cm³/mol. The van der Waals surface area contributed by atoms with Crippen molar-refractivity contribution in [3.05, 3.63) is 29.8 Å². The Labute approximate surface area is 99.0 Å². The lowest BCUT2D eigenvalue weighted by Gasteiger charge is -2.17. The van der Waals surface area contributed by atoms with Crippen LogP contribution in [0.5, 0.6) is 5.75 Å². The summed E-state index contributed by atoms with van der Waals surface area (Å²) in [6.07, 6.45) is -7.03. The van der Waals surface area contributed by atoms with Crippen molar-refractivity contribution in [2.75, 3.05) is 0 Å². The van der Waals surface area contributed by atoms with Crippen LogP contribution in [0.4, 0.5) is 22.0 Å². The molecule has 0 bridgehead atoms. The van der Waals surface area contributed by atoms with Crippen LogP contribution in [-0.2, 0) is 11.2 Å². The first-order valence-electron chi connectivity index (χ1n) is 4.90. The maximum atomic E-state index is 12.6. The number of hydrogen-bond acceptors (Lipinski definition) is 2. The molecular formula is C11H9F5O2. The second kappa shape index (κ2) is 4.91. The lowest BCUT2D eigenvalue weighted by Crippen LogP contribution is -2.44. The van der Waals surface area contributed by atoms with Gasteiger partial charge < -0.3 is 5.11 Å².